The van der Waals surface area contributed by atoms with Crippen LogP contribution in [0.2, 0.25) is 0 Å². The number of aliphatic hydroxyl groups is 4. The Kier molecular flexibility index (Phi) is 7.91. The number of ether oxygens (including phenoxy) is 2. The molecule has 3 aromatic heterocycles. The van der Waals surface area contributed by atoms with Gasteiger partial charge in [0.05, 0.1) is 31.2 Å². The van der Waals surface area contributed by atoms with Gasteiger partial charge in [-0.3, -0.25) is 4.57 Å². The molecule has 4 heterocycles. The topological polar surface area (TPSA) is 267 Å². The molecule has 3 aromatic rings. The maximum absolute atomic E-state index is 12.3. The van der Waals surface area contributed by atoms with Crippen molar-refractivity contribution in [3.8, 4) is 0 Å². The predicted octanol–water partition coefficient (Wildman–Crippen LogP) is -2.07. The fraction of sp³-hybridized carbons (Fsp3) is 0.700. The SMILES string of the molecule is O=P(O)(O)[C@@](CO)(Cc1nn[nH]n1)OC[C@H]1O[C@@H](n2ncc3c(NC4CCCC4)nc(CO)nc32)[C@H](O)[C@@H]1O. The molecule has 0 amide bonds. The Bertz CT molecular complexity index is 1320. The number of H-pyrrole nitrogens is 1. The van der Waals surface area contributed by atoms with Crippen LogP contribution < -0.4 is 5.32 Å². The smallest absolute Gasteiger partial charge is 0.359 e. The lowest BCUT2D eigenvalue weighted by atomic mass is 10.1. The van der Waals surface area contributed by atoms with Crippen molar-refractivity contribution >= 4 is 24.4 Å². The average Bonchev–Trinajstić information content (AvgIpc) is 3.71. The molecule has 0 bridgehead atoms. The number of tetrazole rings is 1. The van der Waals surface area contributed by atoms with E-state index in [1.807, 2.05) is 0 Å². The molecule has 19 heteroatoms. The van der Waals surface area contributed by atoms with Crippen molar-refractivity contribution in [2.24, 2.45) is 0 Å². The molecule has 0 radical (unpaired) electrons. The van der Waals surface area contributed by atoms with E-state index in [2.05, 4.69) is 41.0 Å². The van der Waals surface area contributed by atoms with Crippen molar-refractivity contribution in [3.05, 3.63) is 17.8 Å². The van der Waals surface area contributed by atoms with E-state index < -0.39 is 63.7 Å². The van der Waals surface area contributed by atoms with Gasteiger partial charge in [0, 0.05) is 6.04 Å². The first kappa shape index (κ1) is 27.9. The van der Waals surface area contributed by atoms with Gasteiger partial charge in [-0.2, -0.15) is 10.3 Å². The molecule has 1 aliphatic heterocycles. The summed E-state index contributed by atoms with van der Waals surface area (Å²) < 4.78 is 24.8. The van der Waals surface area contributed by atoms with Gasteiger partial charge in [-0.1, -0.05) is 18.1 Å². The second kappa shape index (κ2) is 11.1. The van der Waals surface area contributed by atoms with E-state index in [-0.39, 0.29) is 23.3 Å². The first-order valence-electron chi connectivity index (χ1n) is 12.3. The Labute approximate surface area is 220 Å². The van der Waals surface area contributed by atoms with Crippen molar-refractivity contribution in [1.29, 1.82) is 0 Å². The lowest BCUT2D eigenvalue weighted by molar-refractivity contribution is -0.109. The summed E-state index contributed by atoms with van der Waals surface area (Å²) in [4.78, 5) is 28.6. The van der Waals surface area contributed by atoms with Gasteiger partial charge in [-0.15, -0.1) is 10.2 Å². The number of hydrogen-bond acceptors (Lipinski definition) is 14. The molecular formula is C20H30N9O9P. The van der Waals surface area contributed by atoms with Crippen molar-refractivity contribution in [2.75, 3.05) is 18.5 Å². The van der Waals surface area contributed by atoms with Crippen LogP contribution in [0.1, 0.15) is 43.6 Å². The Morgan fingerprint density at radius 2 is 1.95 bits per heavy atom. The summed E-state index contributed by atoms with van der Waals surface area (Å²) in [7, 11) is -5.12. The maximum Gasteiger partial charge on any atom is 0.359 e. The van der Waals surface area contributed by atoms with E-state index in [0.717, 1.165) is 25.7 Å². The molecule has 1 aliphatic carbocycles. The predicted molar refractivity (Wildman–Crippen MR) is 129 cm³/mol. The number of anilines is 1. The molecule has 1 saturated carbocycles. The summed E-state index contributed by atoms with van der Waals surface area (Å²) >= 11 is 0. The van der Waals surface area contributed by atoms with Crippen LogP contribution in [0.4, 0.5) is 5.82 Å². The van der Waals surface area contributed by atoms with E-state index in [0.29, 0.717) is 11.2 Å². The standard InChI is InChI=1S/C20H30N9O9P/c30-7-14-23-17(22-10-3-1-2-4-10)11-6-21-29(18(11)24-14)19-16(33)15(32)12(38-19)8-37-20(9-31,39(34,35)36)5-13-25-27-28-26-13/h6,10,12,15-16,19,30-33H,1-5,7-9H2,(H,22,23,24)(H2,34,35,36)(H,25,26,27,28)/t12-,15-,16-,19-,20-/m1/s1. The second-order valence-corrected chi connectivity index (χ2v) is 11.5. The van der Waals surface area contributed by atoms with Crippen molar-refractivity contribution in [3.63, 3.8) is 0 Å². The van der Waals surface area contributed by atoms with E-state index >= 15 is 0 Å². The molecule has 0 unspecified atom stereocenters. The largest absolute Gasteiger partial charge is 0.393 e. The zero-order chi connectivity index (χ0) is 27.8. The third kappa shape index (κ3) is 5.39. The minimum atomic E-state index is -5.12. The first-order chi connectivity index (χ1) is 18.7. The molecule has 0 spiro atoms. The minimum Gasteiger partial charge on any atom is -0.393 e. The summed E-state index contributed by atoms with van der Waals surface area (Å²) in [6.45, 7) is -2.18. The molecule has 214 valence electrons. The highest BCUT2D eigenvalue weighted by molar-refractivity contribution is 7.53. The summed E-state index contributed by atoms with van der Waals surface area (Å²) in [6, 6.07) is 0.211. The van der Waals surface area contributed by atoms with Crippen LogP contribution in [0.3, 0.4) is 0 Å². The highest BCUT2D eigenvalue weighted by Gasteiger charge is 2.52. The Balaban J connectivity index is 1.38. The number of nitrogens with zero attached hydrogens (tertiary/aromatic N) is 7. The van der Waals surface area contributed by atoms with Crippen LogP contribution in [0, 0.1) is 0 Å². The maximum atomic E-state index is 12.3. The number of aliphatic hydroxyl groups excluding tert-OH is 4. The van der Waals surface area contributed by atoms with Gasteiger partial charge in [0.25, 0.3) is 0 Å². The van der Waals surface area contributed by atoms with Crippen LogP contribution in [0.15, 0.2) is 6.20 Å². The van der Waals surface area contributed by atoms with Crippen LogP contribution in [0.25, 0.3) is 11.0 Å². The Morgan fingerprint density at radius 3 is 2.59 bits per heavy atom. The minimum absolute atomic E-state index is 0.119. The van der Waals surface area contributed by atoms with E-state index in [1.54, 1.807) is 0 Å². The number of fused-ring (bicyclic) bond motifs is 1. The fourth-order valence-corrected chi connectivity index (χ4v) is 5.62. The fourth-order valence-electron chi connectivity index (χ4n) is 4.84. The normalized spacial score (nSPS) is 25.9. The molecule has 39 heavy (non-hydrogen) atoms. The van der Waals surface area contributed by atoms with Crippen molar-refractivity contribution in [1.82, 2.24) is 40.4 Å². The van der Waals surface area contributed by atoms with E-state index in [4.69, 9.17) is 9.47 Å². The third-order valence-electron chi connectivity index (χ3n) is 7.03. The second-order valence-electron chi connectivity index (χ2n) is 9.61. The number of nitrogens with one attached hydrogen (secondary N) is 2. The molecule has 8 N–H and O–H groups in total. The molecule has 18 nitrogen and oxygen atoms in total. The molecule has 5 rings (SSSR count). The van der Waals surface area contributed by atoms with Crippen molar-refractivity contribution < 1.29 is 44.3 Å². The van der Waals surface area contributed by atoms with Gasteiger partial charge in [0.15, 0.2) is 28.9 Å². The van der Waals surface area contributed by atoms with Gasteiger partial charge in [-0.05, 0) is 12.8 Å². The molecule has 5 atom stereocenters. The third-order valence-corrected chi connectivity index (χ3v) is 8.52. The number of hydrogen-bond donors (Lipinski definition) is 8. The zero-order valence-corrected chi connectivity index (χ0v) is 21.5. The lowest BCUT2D eigenvalue weighted by Crippen LogP contribution is -2.43. The van der Waals surface area contributed by atoms with Gasteiger partial charge in [0.1, 0.15) is 30.7 Å². The summed E-state index contributed by atoms with van der Waals surface area (Å²) in [5.74, 6) is 0.474. The molecule has 1 saturated heterocycles. The molecule has 2 fully saturated rings. The van der Waals surface area contributed by atoms with E-state index in [1.165, 1.54) is 10.9 Å². The van der Waals surface area contributed by atoms with Crippen LogP contribution in [0.5, 0.6) is 0 Å². The number of aromatic amines is 1. The zero-order valence-electron chi connectivity index (χ0n) is 20.6. The monoisotopic (exact) mass is 571 g/mol. The highest BCUT2D eigenvalue weighted by atomic mass is 31.2. The Morgan fingerprint density at radius 1 is 1.18 bits per heavy atom. The number of aromatic nitrogens is 8. The van der Waals surface area contributed by atoms with Gasteiger partial charge >= 0.3 is 7.60 Å². The lowest BCUT2D eigenvalue weighted by Gasteiger charge is -2.32. The van der Waals surface area contributed by atoms with Crippen molar-refractivity contribution in [2.45, 2.75) is 74.6 Å². The molecular weight excluding hydrogens is 541 g/mol. The average molecular weight is 571 g/mol. The van der Waals surface area contributed by atoms with Gasteiger partial charge < -0.3 is 45.0 Å². The molecule has 0 aromatic carbocycles. The van der Waals surface area contributed by atoms with Gasteiger partial charge in [-0.25, -0.2) is 14.6 Å². The van der Waals surface area contributed by atoms with Crippen LogP contribution >= 0.6 is 7.60 Å². The van der Waals surface area contributed by atoms with Crippen LogP contribution in [-0.2, 0) is 27.1 Å². The summed E-state index contributed by atoms with van der Waals surface area (Å²) in [5, 5.41) is 59.6. The summed E-state index contributed by atoms with van der Waals surface area (Å²) in [6.07, 6.45) is -0.599. The van der Waals surface area contributed by atoms with E-state index in [9.17, 15) is 34.8 Å². The summed E-state index contributed by atoms with van der Waals surface area (Å²) in [5.41, 5.74) is 0.240. The highest BCUT2D eigenvalue weighted by Crippen LogP contribution is 2.53. The quantitative estimate of drug-likeness (QED) is 0.115. The molecule has 2 aliphatic rings. The number of rotatable bonds is 11. The van der Waals surface area contributed by atoms with Gasteiger partial charge in [0.2, 0.25) is 0 Å². The first-order valence-corrected chi connectivity index (χ1v) is 13.9. The van der Waals surface area contributed by atoms with Crippen LogP contribution in [-0.4, -0.2) is 113 Å². The Hall–Kier alpha value is -2.67.